The highest BCUT2D eigenvalue weighted by molar-refractivity contribution is 6.47. The van der Waals surface area contributed by atoms with Crippen LogP contribution >= 0.6 is 11.6 Å². The van der Waals surface area contributed by atoms with Crippen molar-refractivity contribution in [3.8, 4) is 0 Å². The van der Waals surface area contributed by atoms with Gasteiger partial charge in [0, 0.05) is 17.5 Å². The van der Waals surface area contributed by atoms with E-state index in [0.29, 0.717) is 27.4 Å². The summed E-state index contributed by atoms with van der Waals surface area (Å²) < 4.78 is 0.688. The second kappa shape index (κ2) is 3.10. The highest BCUT2D eigenvalue weighted by Crippen LogP contribution is 2.29. The fourth-order valence-corrected chi connectivity index (χ4v) is 1.74. The van der Waals surface area contributed by atoms with Crippen LogP contribution < -0.4 is 0 Å². The molecule has 1 aliphatic heterocycles. The number of benzene rings is 1. The Kier molecular flexibility index (Phi) is 2.04. The van der Waals surface area contributed by atoms with Crippen molar-refractivity contribution in [1.29, 1.82) is 0 Å². The number of carbonyl (C=O) groups is 1. The molecule has 0 fully saturated rings. The maximum absolute atomic E-state index is 11.7. The Hall–Kier alpha value is -1.35. The topological polar surface area (TPSA) is 43.1 Å². The van der Waals surface area contributed by atoms with Crippen molar-refractivity contribution in [1.82, 2.24) is 0 Å². The van der Waals surface area contributed by atoms with Crippen LogP contribution in [0.4, 0.5) is 5.69 Å². The lowest BCUT2D eigenvalue weighted by molar-refractivity contribution is -0.357. The average Bonchev–Trinajstić information content (AvgIpc) is 2.39. The first-order valence-corrected chi connectivity index (χ1v) is 4.70. The van der Waals surface area contributed by atoms with Crippen LogP contribution in [0.15, 0.2) is 18.2 Å². The first kappa shape index (κ1) is 9.21. The molecule has 0 radical (unpaired) electrons. The molecule has 0 saturated carbocycles. The van der Waals surface area contributed by atoms with E-state index in [4.69, 9.17) is 11.6 Å². The molecule has 0 spiro atoms. The van der Waals surface area contributed by atoms with E-state index in [2.05, 4.69) is 0 Å². The second-order valence-corrected chi connectivity index (χ2v) is 3.52. The Morgan fingerprint density at radius 3 is 2.86 bits per heavy atom. The number of rotatable bonds is 1. The molecule has 0 aliphatic carbocycles. The summed E-state index contributed by atoms with van der Waals surface area (Å²) in [4.78, 5) is 11.7. The maximum atomic E-state index is 11.7. The van der Waals surface area contributed by atoms with Crippen LogP contribution in [-0.2, 0) is 0 Å². The number of hydrogen-bond donors (Lipinski definition) is 0. The molecule has 1 aliphatic rings. The van der Waals surface area contributed by atoms with Gasteiger partial charge in [0.2, 0.25) is 11.4 Å². The zero-order valence-electron chi connectivity index (χ0n) is 7.58. The van der Waals surface area contributed by atoms with Crippen molar-refractivity contribution in [3.05, 3.63) is 34.0 Å². The predicted molar refractivity (Wildman–Crippen MR) is 54.4 cm³/mol. The number of nitrogens with zero attached hydrogens (tertiary/aromatic N) is 1. The van der Waals surface area contributed by atoms with Crippen LogP contribution in [0.25, 0.3) is 0 Å². The molecule has 14 heavy (non-hydrogen) atoms. The Balaban J connectivity index is 2.64. The first-order chi connectivity index (χ1) is 6.65. The van der Waals surface area contributed by atoms with Crippen molar-refractivity contribution in [3.63, 3.8) is 0 Å². The minimum Gasteiger partial charge on any atom is -0.618 e. The van der Waals surface area contributed by atoms with E-state index in [0.717, 1.165) is 0 Å². The number of Topliss-reactive ketones (excluding diaryl/α,β-unsaturated/α-hetero) is 1. The molecule has 1 aromatic carbocycles. The number of carbonyl (C=O) groups excluding carboxylic acids is 1. The number of hydrogen-bond acceptors (Lipinski definition) is 2. The van der Waals surface area contributed by atoms with Crippen molar-refractivity contribution in [2.75, 3.05) is 0 Å². The zero-order chi connectivity index (χ0) is 10.3. The molecule has 0 bridgehead atoms. The van der Waals surface area contributed by atoms with Gasteiger partial charge in [0.1, 0.15) is 5.56 Å². The van der Waals surface area contributed by atoms with Gasteiger partial charge in [-0.25, -0.2) is 0 Å². The van der Waals surface area contributed by atoms with Crippen LogP contribution in [-0.4, -0.2) is 16.2 Å². The first-order valence-electron chi connectivity index (χ1n) is 4.32. The lowest BCUT2D eigenvalue weighted by Gasteiger charge is -1.99. The van der Waals surface area contributed by atoms with Gasteiger partial charge in [-0.2, -0.15) is 4.74 Å². The van der Waals surface area contributed by atoms with Gasteiger partial charge in [-0.3, -0.25) is 4.79 Å². The Labute approximate surface area is 86.2 Å². The predicted octanol–water partition coefficient (Wildman–Crippen LogP) is 2.53. The summed E-state index contributed by atoms with van der Waals surface area (Å²) in [7, 11) is 0. The zero-order valence-corrected chi connectivity index (χ0v) is 8.34. The molecule has 1 aromatic rings. The smallest absolute Gasteiger partial charge is 0.260 e. The highest BCUT2D eigenvalue weighted by Gasteiger charge is 2.33. The van der Waals surface area contributed by atoms with Crippen LogP contribution in [0.5, 0.6) is 0 Å². The van der Waals surface area contributed by atoms with Crippen molar-refractivity contribution in [2.24, 2.45) is 0 Å². The Morgan fingerprint density at radius 1 is 1.50 bits per heavy atom. The summed E-state index contributed by atoms with van der Waals surface area (Å²) in [6.07, 6.45) is 0.439. The van der Waals surface area contributed by atoms with Gasteiger partial charge < -0.3 is 5.21 Å². The highest BCUT2D eigenvalue weighted by atomic mass is 35.5. The molecule has 0 unspecified atom stereocenters. The van der Waals surface area contributed by atoms with E-state index in [1.165, 1.54) is 6.07 Å². The number of ketones is 1. The quantitative estimate of drug-likeness (QED) is 0.527. The summed E-state index contributed by atoms with van der Waals surface area (Å²) in [5.41, 5.74) is 1.09. The van der Waals surface area contributed by atoms with Crippen LogP contribution in [0, 0.1) is 5.21 Å². The third-order valence-corrected chi connectivity index (χ3v) is 2.50. The van der Waals surface area contributed by atoms with Gasteiger partial charge in [0.05, 0.1) is 0 Å². The molecule has 4 heteroatoms. The van der Waals surface area contributed by atoms with Crippen molar-refractivity contribution >= 4 is 28.8 Å². The fourth-order valence-electron chi connectivity index (χ4n) is 1.56. The summed E-state index contributed by atoms with van der Waals surface area (Å²) in [5.74, 6) is -0.208. The molecule has 1 heterocycles. The van der Waals surface area contributed by atoms with E-state index in [9.17, 15) is 10.0 Å². The van der Waals surface area contributed by atoms with Gasteiger partial charge in [0.15, 0.2) is 0 Å². The molecular formula is C10H8ClNO2. The Morgan fingerprint density at radius 2 is 2.21 bits per heavy atom. The summed E-state index contributed by atoms with van der Waals surface area (Å²) >= 11 is 5.75. The van der Waals surface area contributed by atoms with Gasteiger partial charge in [-0.15, -0.1) is 0 Å². The van der Waals surface area contributed by atoms with E-state index >= 15 is 0 Å². The molecule has 0 atom stereocenters. The SMILES string of the molecule is CCC1=[N+]([O-])c2ccc(Cl)cc2C1=O. The summed E-state index contributed by atoms with van der Waals surface area (Å²) in [6, 6.07) is 4.72. The summed E-state index contributed by atoms with van der Waals surface area (Å²) in [6.45, 7) is 1.78. The number of fused-ring (bicyclic) bond motifs is 1. The standard InChI is InChI=1S/C10H8ClNO2/c1-2-8-10(13)7-5-6(11)3-4-9(7)12(8)14/h3-5H,2H2,1H3. The van der Waals surface area contributed by atoms with E-state index in [-0.39, 0.29) is 11.5 Å². The number of halogens is 1. The van der Waals surface area contributed by atoms with Crippen molar-refractivity contribution < 1.29 is 9.53 Å². The van der Waals surface area contributed by atoms with Gasteiger partial charge in [-0.1, -0.05) is 18.5 Å². The third-order valence-electron chi connectivity index (χ3n) is 2.26. The third kappa shape index (κ3) is 1.13. The van der Waals surface area contributed by atoms with E-state index in [1.807, 2.05) is 0 Å². The van der Waals surface area contributed by atoms with E-state index in [1.54, 1.807) is 19.1 Å². The average molecular weight is 210 g/mol. The lowest BCUT2D eigenvalue weighted by atomic mass is 10.1. The van der Waals surface area contributed by atoms with Gasteiger partial charge in [0.25, 0.3) is 5.78 Å². The second-order valence-electron chi connectivity index (χ2n) is 3.09. The molecule has 72 valence electrons. The van der Waals surface area contributed by atoms with Crippen LogP contribution in [0.2, 0.25) is 5.02 Å². The van der Waals surface area contributed by atoms with Gasteiger partial charge >= 0.3 is 0 Å². The van der Waals surface area contributed by atoms with Gasteiger partial charge in [-0.05, 0) is 12.1 Å². The molecule has 0 aromatic heterocycles. The van der Waals surface area contributed by atoms with E-state index < -0.39 is 0 Å². The fraction of sp³-hybridized carbons (Fsp3) is 0.200. The molecule has 0 N–H and O–H groups in total. The monoisotopic (exact) mass is 209 g/mol. The molecule has 2 rings (SSSR count). The lowest BCUT2D eigenvalue weighted by Crippen LogP contribution is -2.13. The summed E-state index contributed by atoms with van der Waals surface area (Å²) in [5, 5.41) is 12.0. The normalized spacial score (nSPS) is 14.9. The Bertz CT molecular complexity index is 451. The largest absolute Gasteiger partial charge is 0.618 e. The van der Waals surface area contributed by atoms with Crippen LogP contribution in [0.3, 0.4) is 0 Å². The molecule has 0 saturated heterocycles. The van der Waals surface area contributed by atoms with Crippen LogP contribution in [0.1, 0.15) is 23.7 Å². The molecular weight excluding hydrogens is 202 g/mol. The minimum absolute atomic E-state index is 0.208. The molecule has 0 amide bonds. The van der Waals surface area contributed by atoms with Crippen molar-refractivity contribution in [2.45, 2.75) is 13.3 Å². The molecule has 3 nitrogen and oxygen atoms in total. The minimum atomic E-state index is -0.208. The maximum Gasteiger partial charge on any atom is 0.260 e.